The van der Waals surface area contributed by atoms with Gasteiger partial charge in [0.25, 0.3) is 0 Å². The summed E-state index contributed by atoms with van der Waals surface area (Å²) in [5, 5.41) is 54.1. The Morgan fingerprint density at radius 2 is 1.32 bits per heavy atom. The van der Waals surface area contributed by atoms with Crippen molar-refractivity contribution in [3.63, 3.8) is 0 Å². The van der Waals surface area contributed by atoms with Gasteiger partial charge in [0.1, 0.15) is 18.0 Å². The Labute approximate surface area is 235 Å². The van der Waals surface area contributed by atoms with Gasteiger partial charge in [-0.25, -0.2) is 0 Å². The Morgan fingerprint density at radius 1 is 0.750 bits per heavy atom. The molecule has 9 heteroatoms. The van der Waals surface area contributed by atoms with Gasteiger partial charge in [-0.2, -0.15) is 0 Å². The van der Waals surface area contributed by atoms with Crippen LogP contribution in [0, 0.1) is 0 Å². The molecule has 5 aromatic rings. The summed E-state index contributed by atoms with van der Waals surface area (Å²) >= 11 is 6.07. The maximum atomic E-state index is 10.3. The third-order valence-electron chi connectivity index (χ3n) is 6.91. The minimum absolute atomic E-state index is 0.0324. The molecule has 8 nitrogen and oxygen atoms in total. The number of hydrogen-bond acceptors (Lipinski definition) is 7. The fourth-order valence-corrected chi connectivity index (χ4v) is 5.01. The monoisotopic (exact) mass is 555 g/mol. The summed E-state index contributed by atoms with van der Waals surface area (Å²) in [7, 11) is 1.88. The summed E-state index contributed by atoms with van der Waals surface area (Å²) < 4.78 is 0. The van der Waals surface area contributed by atoms with Crippen LogP contribution in [0.3, 0.4) is 0 Å². The molecule has 0 aliphatic heterocycles. The SMILES string of the molecule is C=NC(c1ccc2ccccc2c1)N(C)/C(=N\CCl)c1ccc2cc(-c3c(O)c(O)c(O)c(O)c3O)ccc2c1. The van der Waals surface area contributed by atoms with Crippen LogP contribution in [0.15, 0.2) is 88.8 Å². The number of alkyl halides is 1. The van der Waals surface area contributed by atoms with Crippen LogP contribution in [0.5, 0.6) is 28.7 Å². The Bertz CT molecular complexity index is 1770. The minimum Gasteiger partial charge on any atom is -0.504 e. The summed E-state index contributed by atoms with van der Waals surface area (Å²) in [4.78, 5) is 10.8. The second kappa shape index (κ2) is 10.7. The number of nitrogens with zero attached hydrogens (tertiary/aromatic N) is 3. The van der Waals surface area contributed by atoms with Gasteiger partial charge in [-0.1, -0.05) is 60.7 Å². The van der Waals surface area contributed by atoms with E-state index in [0.29, 0.717) is 11.4 Å². The molecule has 0 saturated carbocycles. The minimum atomic E-state index is -1.00. The molecule has 5 N–H and O–H groups in total. The zero-order valence-electron chi connectivity index (χ0n) is 21.5. The standard InChI is InChI=1S/C31H26ClN3O5/c1-33-30(22-11-7-17-5-3-4-6-18(17)14-22)35(2)31(34-16-32)23-12-9-19-13-21(10-8-20(19)15-23)24-25(36)27(38)29(40)28(39)26(24)37/h3-15,30,36-40H,1,16H2,2H3/b34-31-. The van der Waals surface area contributed by atoms with Crippen LogP contribution < -0.4 is 0 Å². The van der Waals surface area contributed by atoms with Gasteiger partial charge in [-0.15, -0.1) is 11.6 Å². The number of rotatable bonds is 6. The molecule has 0 heterocycles. The summed E-state index contributed by atoms with van der Waals surface area (Å²) in [6.45, 7) is 3.82. The van der Waals surface area contributed by atoms with Crippen molar-refractivity contribution in [3.05, 3.63) is 90.0 Å². The van der Waals surface area contributed by atoms with E-state index >= 15 is 0 Å². The number of fused-ring (bicyclic) bond motifs is 2. The van der Waals surface area contributed by atoms with Crippen molar-refractivity contribution < 1.29 is 25.5 Å². The fourth-order valence-electron chi connectivity index (χ4n) is 4.90. The van der Waals surface area contributed by atoms with Crippen LogP contribution in [0.1, 0.15) is 17.3 Å². The number of phenols is 5. The first-order valence-electron chi connectivity index (χ1n) is 12.3. The maximum absolute atomic E-state index is 10.3. The molecule has 0 aliphatic carbocycles. The summed E-state index contributed by atoms with van der Waals surface area (Å²) in [6, 6.07) is 24.9. The summed E-state index contributed by atoms with van der Waals surface area (Å²) in [5.74, 6) is -3.76. The fraction of sp³-hybridized carbons (Fsp3) is 0.0968. The Morgan fingerprint density at radius 3 is 2.00 bits per heavy atom. The van der Waals surface area contributed by atoms with E-state index < -0.39 is 34.9 Å². The first kappa shape index (κ1) is 26.6. The number of hydrogen-bond donors (Lipinski definition) is 5. The molecule has 40 heavy (non-hydrogen) atoms. The van der Waals surface area contributed by atoms with Crippen LogP contribution in [0.2, 0.25) is 0 Å². The Balaban J connectivity index is 1.53. The van der Waals surface area contributed by atoms with Crippen molar-refractivity contribution in [3.8, 4) is 39.9 Å². The first-order chi connectivity index (χ1) is 19.2. The van der Waals surface area contributed by atoms with Crippen molar-refractivity contribution in [1.29, 1.82) is 0 Å². The van der Waals surface area contributed by atoms with Crippen LogP contribution in [-0.2, 0) is 0 Å². The molecule has 5 aromatic carbocycles. The Hall–Kier alpha value is -4.95. The highest BCUT2D eigenvalue weighted by atomic mass is 35.5. The average Bonchev–Trinajstić information content (AvgIpc) is 2.98. The summed E-state index contributed by atoms with van der Waals surface area (Å²) in [5.41, 5.74) is 1.84. The lowest BCUT2D eigenvalue weighted by Crippen LogP contribution is -2.31. The topological polar surface area (TPSA) is 129 Å². The molecule has 0 aliphatic rings. The highest BCUT2D eigenvalue weighted by Crippen LogP contribution is 2.54. The largest absolute Gasteiger partial charge is 0.504 e. The van der Waals surface area contributed by atoms with Crippen molar-refractivity contribution in [2.45, 2.75) is 6.17 Å². The number of halogens is 1. The zero-order chi connectivity index (χ0) is 28.6. The molecule has 0 radical (unpaired) electrons. The lowest BCUT2D eigenvalue weighted by atomic mass is 9.97. The van der Waals surface area contributed by atoms with Gasteiger partial charge >= 0.3 is 0 Å². The predicted octanol–water partition coefficient (Wildman–Crippen LogP) is 6.46. The predicted molar refractivity (Wildman–Crippen MR) is 159 cm³/mol. The molecule has 1 unspecified atom stereocenters. The van der Waals surface area contributed by atoms with E-state index in [1.165, 1.54) is 0 Å². The number of aromatic hydroxyl groups is 5. The van der Waals surface area contributed by atoms with Gasteiger partial charge in [0.2, 0.25) is 17.2 Å². The van der Waals surface area contributed by atoms with Crippen LogP contribution in [-0.4, -0.2) is 56.0 Å². The number of amidine groups is 1. The van der Waals surface area contributed by atoms with Crippen molar-refractivity contribution in [1.82, 2.24) is 4.90 Å². The lowest BCUT2D eigenvalue weighted by Gasteiger charge is -2.29. The van der Waals surface area contributed by atoms with E-state index in [0.717, 1.165) is 32.7 Å². The third-order valence-corrected chi connectivity index (χ3v) is 7.03. The molecule has 0 bridgehead atoms. The van der Waals surface area contributed by atoms with Crippen LogP contribution in [0.25, 0.3) is 32.7 Å². The third kappa shape index (κ3) is 4.58. The van der Waals surface area contributed by atoms with E-state index in [9.17, 15) is 25.5 Å². The number of benzene rings is 5. The number of phenolic OH excluding ortho intramolecular Hbond substituents is 5. The van der Waals surface area contributed by atoms with Crippen molar-refractivity contribution >= 4 is 45.7 Å². The molecule has 0 fully saturated rings. The van der Waals surface area contributed by atoms with Gasteiger partial charge in [0, 0.05) is 12.6 Å². The van der Waals surface area contributed by atoms with Gasteiger partial charge in [-0.05, 0) is 57.6 Å². The molecule has 1 atom stereocenters. The van der Waals surface area contributed by atoms with E-state index in [2.05, 4.69) is 28.8 Å². The van der Waals surface area contributed by atoms with Gasteiger partial charge < -0.3 is 30.4 Å². The summed E-state index contributed by atoms with van der Waals surface area (Å²) in [6.07, 6.45) is -0.426. The first-order valence-corrected chi connectivity index (χ1v) is 12.8. The zero-order valence-corrected chi connectivity index (χ0v) is 22.2. The quantitative estimate of drug-likeness (QED) is 0.0408. The van der Waals surface area contributed by atoms with E-state index in [-0.39, 0.29) is 11.6 Å². The molecule has 0 saturated heterocycles. The molecule has 0 aromatic heterocycles. The second-order valence-electron chi connectivity index (χ2n) is 9.27. The molecule has 0 spiro atoms. The smallest absolute Gasteiger partial charge is 0.208 e. The van der Waals surface area contributed by atoms with Crippen LogP contribution >= 0.6 is 11.6 Å². The number of aliphatic imine (C=N–C) groups is 2. The van der Waals surface area contributed by atoms with Crippen molar-refractivity contribution in [2.24, 2.45) is 9.98 Å². The highest BCUT2D eigenvalue weighted by Gasteiger charge is 2.25. The van der Waals surface area contributed by atoms with E-state index in [1.54, 1.807) is 18.2 Å². The molecule has 5 rings (SSSR count). The average molecular weight is 556 g/mol. The molecule has 202 valence electrons. The van der Waals surface area contributed by atoms with E-state index in [1.807, 2.05) is 60.5 Å². The molecule has 0 amide bonds. The highest BCUT2D eigenvalue weighted by molar-refractivity contribution is 6.18. The molecular formula is C31H26ClN3O5. The van der Waals surface area contributed by atoms with Gasteiger partial charge in [0.05, 0.1) is 5.56 Å². The van der Waals surface area contributed by atoms with Crippen LogP contribution in [0.4, 0.5) is 0 Å². The van der Waals surface area contributed by atoms with E-state index in [4.69, 9.17) is 11.6 Å². The van der Waals surface area contributed by atoms with Crippen molar-refractivity contribution in [2.75, 3.05) is 13.1 Å². The van der Waals surface area contributed by atoms with Gasteiger partial charge in [0.15, 0.2) is 11.5 Å². The lowest BCUT2D eigenvalue weighted by molar-refractivity contribution is 0.330. The maximum Gasteiger partial charge on any atom is 0.208 e. The Kier molecular flexibility index (Phi) is 7.11. The molecular weight excluding hydrogens is 530 g/mol. The normalized spacial score (nSPS) is 12.5. The second-order valence-corrected chi connectivity index (χ2v) is 9.51. The van der Waals surface area contributed by atoms with Gasteiger partial charge in [-0.3, -0.25) is 9.98 Å².